The minimum atomic E-state index is -0.244. The van der Waals surface area contributed by atoms with Gasteiger partial charge in [0.05, 0.1) is 5.54 Å². The molecule has 1 aliphatic carbocycles. The molecule has 0 bridgehead atoms. The third-order valence-electron chi connectivity index (χ3n) is 5.70. The molecule has 1 aromatic heterocycles. The minimum absolute atomic E-state index is 0.0322. The molecular formula is C20H22N2O2. The monoisotopic (exact) mass is 322 g/mol. The molecule has 1 unspecified atom stereocenters. The SMILES string of the molecule is Cn1c2c(ccc1=O)C1(CCC2)CCC(=O)N1Cc1ccccc1. The predicted molar refractivity (Wildman–Crippen MR) is 92.5 cm³/mol. The number of fused-ring (bicyclic) bond motifs is 2. The molecule has 1 spiro atoms. The predicted octanol–water partition coefficient (Wildman–Crippen LogP) is 2.74. The summed E-state index contributed by atoms with van der Waals surface area (Å²) in [5.74, 6) is 0.223. The number of carbonyl (C=O) groups is 1. The summed E-state index contributed by atoms with van der Waals surface area (Å²) in [4.78, 5) is 26.7. The van der Waals surface area contributed by atoms with Crippen molar-refractivity contribution in [2.24, 2.45) is 7.05 Å². The normalized spacial score (nSPS) is 22.9. The lowest BCUT2D eigenvalue weighted by Gasteiger charge is -2.43. The van der Waals surface area contributed by atoms with E-state index in [4.69, 9.17) is 0 Å². The van der Waals surface area contributed by atoms with Gasteiger partial charge in [0.25, 0.3) is 0 Å². The zero-order valence-electron chi connectivity index (χ0n) is 14.0. The molecule has 4 rings (SSSR count). The molecule has 4 heteroatoms. The number of amides is 1. The maximum Gasteiger partial charge on any atom is 0.250 e. The van der Waals surface area contributed by atoms with E-state index in [2.05, 4.69) is 17.0 Å². The fraction of sp³-hybridized carbons (Fsp3) is 0.400. The Morgan fingerprint density at radius 1 is 1.00 bits per heavy atom. The van der Waals surface area contributed by atoms with Crippen LogP contribution in [0.25, 0.3) is 0 Å². The highest BCUT2D eigenvalue weighted by molar-refractivity contribution is 5.80. The molecule has 1 fully saturated rings. The highest BCUT2D eigenvalue weighted by Crippen LogP contribution is 2.47. The molecule has 0 radical (unpaired) electrons. The van der Waals surface area contributed by atoms with Crippen molar-refractivity contribution in [2.75, 3.05) is 0 Å². The summed E-state index contributed by atoms with van der Waals surface area (Å²) in [6.45, 7) is 0.641. The second-order valence-corrected chi connectivity index (χ2v) is 6.94. The van der Waals surface area contributed by atoms with Gasteiger partial charge in [0, 0.05) is 31.8 Å². The third kappa shape index (κ3) is 2.20. The molecule has 1 amide bonds. The number of aromatic nitrogens is 1. The maximum absolute atomic E-state index is 12.7. The molecule has 1 aliphatic heterocycles. The Kier molecular flexibility index (Phi) is 3.56. The Balaban J connectivity index is 1.81. The zero-order chi connectivity index (χ0) is 16.7. The molecule has 1 atom stereocenters. The van der Waals surface area contributed by atoms with Crippen LogP contribution in [0.5, 0.6) is 0 Å². The van der Waals surface area contributed by atoms with Crippen LogP contribution in [-0.2, 0) is 30.3 Å². The van der Waals surface area contributed by atoms with Crippen molar-refractivity contribution >= 4 is 5.91 Å². The summed E-state index contributed by atoms with van der Waals surface area (Å²) in [5, 5.41) is 0. The Hall–Kier alpha value is -2.36. The number of hydrogen-bond acceptors (Lipinski definition) is 2. The van der Waals surface area contributed by atoms with Crippen molar-refractivity contribution in [1.29, 1.82) is 0 Å². The molecule has 24 heavy (non-hydrogen) atoms. The van der Waals surface area contributed by atoms with Crippen LogP contribution < -0.4 is 5.56 Å². The van der Waals surface area contributed by atoms with E-state index in [1.165, 1.54) is 5.56 Å². The van der Waals surface area contributed by atoms with Crippen LogP contribution in [0, 0.1) is 0 Å². The number of pyridine rings is 1. The summed E-state index contributed by atoms with van der Waals surface area (Å²) in [5.41, 5.74) is 3.22. The molecular weight excluding hydrogens is 300 g/mol. The summed E-state index contributed by atoms with van der Waals surface area (Å²) in [7, 11) is 1.85. The highest BCUT2D eigenvalue weighted by atomic mass is 16.2. The molecule has 2 aromatic rings. The first-order chi connectivity index (χ1) is 11.6. The molecule has 1 aromatic carbocycles. The summed E-state index contributed by atoms with van der Waals surface area (Å²) < 4.78 is 1.76. The lowest BCUT2D eigenvalue weighted by molar-refractivity contribution is -0.132. The lowest BCUT2D eigenvalue weighted by atomic mass is 9.76. The second kappa shape index (κ2) is 5.62. The van der Waals surface area contributed by atoms with Gasteiger partial charge < -0.3 is 9.47 Å². The molecule has 0 N–H and O–H groups in total. The topological polar surface area (TPSA) is 42.3 Å². The van der Waals surface area contributed by atoms with Gasteiger partial charge in [0.15, 0.2) is 0 Å². The van der Waals surface area contributed by atoms with E-state index in [1.54, 1.807) is 10.6 Å². The fourth-order valence-corrected chi connectivity index (χ4v) is 4.45. The van der Waals surface area contributed by atoms with Crippen LogP contribution in [0.4, 0.5) is 0 Å². The van der Waals surface area contributed by atoms with E-state index in [0.717, 1.165) is 36.9 Å². The first-order valence-corrected chi connectivity index (χ1v) is 8.66. The standard InChI is InChI=1S/C20H22N2O2/c1-21-17-8-5-12-20(16(17)9-10-18(21)23)13-11-19(24)22(20)14-15-6-3-2-4-7-15/h2-4,6-7,9-10H,5,8,11-14H2,1H3. The first kappa shape index (κ1) is 15.2. The van der Waals surface area contributed by atoms with E-state index in [1.807, 2.05) is 31.3 Å². The molecule has 124 valence electrons. The van der Waals surface area contributed by atoms with Gasteiger partial charge in [-0.2, -0.15) is 0 Å². The van der Waals surface area contributed by atoms with Gasteiger partial charge in [-0.05, 0) is 42.9 Å². The Morgan fingerprint density at radius 2 is 1.79 bits per heavy atom. The van der Waals surface area contributed by atoms with Crippen LogP contribution in [0.2, 0.25) is 0 Å². The maximum atomic E-state index is 12.7. The number of hydrogen-bond donors (Lipinski definition) is 0. The number of rotatable bonds is 2. The molecule has 4 nitrogen and oxygen atoms in total. The van der Waals surface area contributed by atoms with Crippen molar-refractivity contribution in [3.05, 3.63) is 69.6 Å². The molecule has 2 aliphatic rings. The van der Waals surface area contributed by atoms with Crippen molar-refractivity contribution in [2.45, 2.75) is 44.2 Å². The van der Waals surface area contributed by atoms with Gasteiger partial charge in [-0.3, -0.25) is 9.59 Å². The van der Waals surface area contributed by atoms with Gasteiger partial charge >= 0.3 is 0 Å². The lowest BCUT2D eigenvalue weighted by Crippen LogP contribution is -2.46. The Labute approximate surface area is 141 Å². The average molecular weight is 322 g/mol. The summed E-state index contributed by atoms with van der Waals surface area (Å²) >= 11 is 0. The second-order valence-electron chi connectivity index (χ2n) is 6.94. The van der Waals surface area contributed by atoms with Crippen LogP contribution in [-0.4, -0.2) is 15.4 Å². The number of benzene rings is 1. The zero-order valence-corrected chi connectivity index (χ0v) is 14.0. The van der Waals surface area contributed by atoms with Crippen LogP contribution >= 0.6 is 0 Å². The smallest absolute Gasteiger partial charge is 0.250 e. The molecule has 1 saturated heterocycles. The summed E-state index contributed by atoms with van der Waals surface area (Å²) in [6.07, 6.45) is 4.36. The van der Waals surface area contributed by atoms with E-state index in [9.17, 15) is 9.59 Å². The van der Waals surface area contributed by atoms with Gasteiger partial charge in [0.1, 0.15) is 0 Å². The van der Waals surface area contributed by atoms with Crippen LogP contribution in [0.1, 0.15) is 42.5 Å². The quantitative estimate of drug-likeness (QED) is 0.853. The van der Waals surface area contributed by atoms with Crippen LogP contribution in [0.15, 0.2) is 47.3 Å². The number of nitrogens with zero attached hydrogens (tertiary/aromatic N) is 2. The summed E-state index contributed by atoms with van der Waals surface area (Å²) in [6, 6.07) is 13.8. The van der Waals surface area contributed by atoms with Crippen molar-refractivity contribution in [3.63, 3.8) is 0 Å². The van der Waals surface area contributed by atoms with Crippen molar-refractivity contribution < 1.29 is 4.79 Å². The van der Waals surface area contributed by atoms with E-state index in [0.29, 0.717) is 13.0 Å². The largest absolute Gasteiger partial charge is 0.329 e. The highest BCUT2D eigenvalue weighted by Gasteiger charge is 2.48. The van der Waals surface area contributed by atoms with Crippen molar-refractivity contribution in [1.82, 2.24) is 9.47 Å². The van der Waals surface area contributed by atoms with Crippen LogP contribution in [0.3, 0.4) is 0 Å². The third-order valence-corrected chi connectivity index (χ3v) is 5.70. The van der Waals surface area contributed by atoms with E-state index in [-0.39, 0.29) is 17.0 Å². The van der Waals surface area contributed by atoms with Gasteiger partial charge in [0.2, 0.25) is 11.5 Å². The van der Waals surface area contributed by atoms with E-state index >= 15 is 0 Å². The Bertz CT molecular complexity index is 840. The molecule has 2 heterocycles. The fourth-order valence-electron chi connectivity index (χ4n) is 4.45. The first-order valence-electron chi connectivity index (χ1n) is 8.66. The van der Waals surface area contributed by atoms with Crippen molar-refractivity contribution in [3.8, 4) is 0 Å². The number of carbonyl (C=O) groups excluding carboxylic acids is 1. The van der Waals surface area contributed by atoms with E-state index < -0.39 is 0 Å². The minimum Gasteiger partial charge on any atom is -0.329 e. The van der Waals surface area contributed by atoms with Gasteiger partial charge in [-0.25, -0.2) is 0 Å². The average Bonchev–Trinajstić information content (AvgIpc) is 2.90. The Morgan fingerprint density at radius 3 is 2.58 bits per heavy atom. The van der Waals surface area contributed by atoms with Gasteiger partial charge in [-0.1, -0.05) is 30.3 Å². The van der Waals surface area contributed by atoms with Gasteiger partial charge in [-0.15, -0.1) is 0 Å². The molecule has 0 saturated carbocycles. The number of likely N-dealkylation sites (tertiary alicyclic amines) is 1.